The van der Waals surface area contributed by atoms with Gasteiger partial charge in [-0.25, -0.2) is 87.4 Å². The highest BCUT2D eigenvalue weighted by atomic mass is 35.5. The first-order chi connectivity index (χ1) is 52.8. The molecule has 8 rings (SSSR count). The highest BCUT2D eigenvalue weighted by Gasteiger charge is 2.27. The zero-order chi connectivity index (χ0) is 86.1. The number of nitrogens with two attached hydrogens (primary N) is 2. The van der Waals surface area contributed by atoms with E-state index >= 15 is 0 Å². The summed E-state index contributed by atoms with van der Waals surface area (Å²) in [7, 11) is -2.74. The fourth-order valence-corrected chi connectivity index (χ4v) is 15.4. The number of benzene rings is 4. The molecule has 4 aromatic heterocycles. The van der Waals surface area contributed by atoms with Crippen molar-refractivity contribution in [3.63, 3.8) is 0 Å². The van der Waals surface area contributed by atoms with E-state index in [1.807, 2.05) is 0 Å². The summed E-state index contributed by atoms with van der Waals surface area (Å²) in [5.41, 5.74) is 16.1. The van der Waals surface area contributed by atoms with Gasteiger partial charge in [-0.05, 0) is 164 Å². The van der Waals surface area contributed by atoms with Crippen molar-refractivity contribution in [1.82, 2.24) is 67.0 Å². The molecule has 0 saturated carbocycles. The molecule has 2 amide bonds. The number of rotatable bonds is 26. The van der Waals surface area contributed by atoms with E-state index in [-0.39, 0.29) is 117 Å². The molecule has 0 fully saturated rings. The average Bonchev–Trinajstić information content (AvgIpc) is 1.62. The molecule has 4 aromatic carbocycles. The molecule has 0 aliphatic rings. The number of ether oxygens (including phenoxy) is 2. The zero-order valence-corrected chi connectivity index (χ0v) is 75.0. The van der Waals surface area contributed by atoms with Crippen molar-refractivity contribution in [2.45, 2.75) is 126 Å². The van der Waals surface area contributed by atoms with Gasteiger partial charge >= 0.3 is 12.2 Å². The van der Waals surface area contributed by atoms with Gasteiger partial charge in [-0.15, -0.1) is 24.8 Å². The van der Waals surface area contributed by atoms with Crippen LogP contribution in [0.15, 0.2) is 164 Å². The van der Waals surface area contributed by atoms with E-state index < -0.39 is 86.8 Å². The molecule has 0 aliphatic carbocycles. The van der Waals surface area contributed by atoms with E-state index in [0.29, 0.717) is 67.3 Å². The summed E-state index contributed by atoms with van der Waals surface area (Å²) in [4.78, 5) is 23.8. The average molecular weight is 1820 g/mol. The maximum atomic E-state index is 14.4. The summed E-state index contributed by atoms with van der Waals surface area (Å²) in [6.07, 6.45) is 3.62. The number of carbonyl (C=O) groups is 2. The minimum Gasteiger partial charge on any atom is -0.444 e. The maximum Gasteiger partial charge on any atom is 0.407 e. The highest BCUT2D eigenvalue weighted by Crippen LogP contribution is 2.38. The highest BCUT2D eigenvalue weighted by molar-refractivity contribution is 7.90. The maximum absolute atomic E-state index is 14.4. The number of carbonyl (C=O) groups excluding carboxylic acids is 2. The first-order valence-electron chi connectivity index (χ1n) is 34.6. The van der Waals surface area contributed by atoms with E-state index in [2.05, 4.69) is 31.0 Å². The molecular formula is C74H98Cl6F4N16O12S4. The smallest absolute Gasteiger partial charge is 0.407 e. The predicted molar refractivity (Wildman–Crippen MR) is 451 cm³/mol. The van der Waals surface area contributed by atoms with Gasteiger partial charge in [-0.1, -0.05) is 94.9 Å². The number of hydrogen-bond donors (Lipinski definition) is 4. The second kappa shape index (κ2) is 43.8. The van der Waals surface area contributed by atoms with Crippen molar-refractivity contribution in [2.24, 2.45) is 11.5 Å². The minimum atomic E-state index is -3.63. The molecule has 4 heterocycles. The minimum absolute atomic E-state index is 0. The molecule has 640 valence electrons. The molecule has 0 aliphatic heterocycles. The topological polar surface area (TPSA) is 350 Å². The second-order valence-corrected chi connectivity index (χ2v) is 37.8. The van der Waals surface area contributed by atoms with Crippen LogP contribution in [0.5, 0.6) is 0 Å². The number of halogens is 10. The number of aryl methyl sites for hydroxylation is 2. The lowest BCUT2D eigenvalue weighted by molar-refractivity contribution is 0.0522. The monoisotopic (exact) mass is 1820 g/mol. The number of sulfonamides is 4. The van der Waals surface area contributed by atoms with Crippen molar-refractivity contribution >= 4 is 123 Å². The summed E-state index contributed by atoms with van der Waals surface area (Å²) in [6.45, 7) is 16.7. The summed E-state index contributed by atoms with van der Waals surface area (Å²) in [5.74, 6) is -1.94. The Morgan fingerprint density at radius 2 is 0.664 bits per heavy atom. The first-order valence-corrected chi connectivity index (χ1v) is 41.8. The van der Waals surface area contributed by atoms with Crippen LogP contribution in [0.4, 0.5) is 27.2 Å². The van der Waals surface area contributed by atoms with Gasteiger partial charge in [-0.2, -0.15) is 20.4 Å². The zero-order valence-electron chi connectivity index (χ0n) is 67.1. The van der Waals surface area contributed by atoms with Crippen molar-refractivity contribution in [2.75, 3.05) is 82.6 Å². The Bertz CT molecular complexity index is 5050. The van der Waals surface area contributed by atoms with Crippen LogP contribution in [0.3, 0.4) is 0 Å². The van der Waals surface area contributed by atoms with Crippen LogP contribution in [-0.2, 0) is 75.7 Å². The summed E-state index contributed by atoms with van der Waals surface area (Å²) < 4.78 is 175. The van der Waals surface area contributed by atoms with Gasteiger partial charge in [0, 0.05) is 116 Å². The van der Waals surface area contributed by atoms with Crippen molar-refractivity contribution in [3.05, 3.63) is 188 Å². The second-order valence-electron chi connectivity index (χ2n) is 27.7. The number of amides is 2. The summed E-state index contributed by atoms with van der Waals surface area (Å²) in [5, 5.41) is 22.4. The SMILES string of the molecule is Cc1c(-c2cccc(S(=O)(=O)N(C)C)c2)c(Cl)nn1C/C(F)=C/CN.Cc1c(-c2cccc(S(=O)(=O)N(C)C)c2)c(Cl)nn1C/C(F)=C/CNC(=O)OC(C)(C)C.Cc1nn(C/C(F)=C/CN)c(Cl)c1-c1cccc(S(=O)(=O)N(C)C)c1.Cc1nn(C/C(F)=C/CNC(=O)OC(C)(C)C)c(Cl)c1-c1cccc(S(=O)(=O)N(C)C)c1.Cl.Cl. The molecule has 0 radical (unpaired) electrons. The molecule has 0 spiro atoms. The number of aromatic nitrogens is 8. The van der Waals surface area contributed by atoms with Crippen LogP contribution in [0.1, 0.15) is 64.3 Å². The Kier molecular flexibility index (Phi) is 38.7. The van der Waals surface area contributed by atoms with E-state index in [1.54, 1.807) is 118 Å². The lowest BCUT2D eigenvalue weighted by atomic mass is 10.1. The number of nitrogens with one attached hydrogen (secondary N) is 2. The third kappa shape index (κ3) is 28.2. The summed E-state index contributed by atoms with van der Waals surface area (Å²) in [6, 6.07) is 25.5. The van der Waals surface area contributed by atoms with Crippen molar-refractivity contribution < 1.29 is 70.3 Å². The normalized spacial score (nSPS) is 12.6. The number of hydrogen-bond acceptors (Lipinski definition) is 18. The Morgan fingerprint density at radius 3 is 0.905 bits per heavy atom. The number of nitrogens with zero attached hydrogens (tertiary/aromatic N) is 12. The Labute approximate surface area is 708 Å². The third-order valence-electron chi connectivity index (χ3n) is 15.9. The third-order valence-corrected chi connectivity index (χ3v) is 24.4. The predicted octanol–water partition coefficient (Wildman–Crippen LogP) is 14.3. The van der Waals surface area contributed by atoms with Crippen LogP contribution >= 0.6 is 71.2 Å². The molecule has 0 saturated heterocycles. The molecule has 6 N–H and O–H groups in total. The number of allylic oxidation sites excluding steroid dienone is 4. The molecule has 28 nitrogen and oxygen atoms in total. The van der Waals surface area contributed by atoms with Crippen LogP contribution < -0.4 is 22.1 Å². The lowest BCUT2D eigenvalue weighted by Gasteiger charge is -2.19. The van der Waals surface area contributed by atoms with Gasteiger partial charge < -0.3 is 31.6 Å². The number of alkyl carbamates (subject to hydrolysis) is 2. The van der Waals surface area contributed by atoms with Gasteiger partial charge in [0.2, 0.25) is 40.1 Å². The quantitative estimate of drug-likeness (QED) is 0.0366. The molecule has 8 aromatic rings. The molecule has 116 heavy (non-hydrogen) atoms. The molecule has 0 atom stereocenters. The van der Waals surface area contributed by atoms with E-state index in [1.165, 1.54) is 148 Å². The van der Waals surface area contributed by atoms with Crippen LogP contribution in [-0.4, -0.2) is 196 Å². The molecular weight excluding hydrogens is 1720 g/mol. The van der Waals surface area contributed by atoms with Crippen molar-refractivity contribution in [1.29, 1.82) is 0 Å². The fourth-order valence-electron chi connectivity index (χ4n) is 10.3. The van der Waals surface area contributed by atoms with Gasteiger partial charge in [0.25, 0.3) is 0 Å². The van der Waals surface area contributed by atoms with Crippen LogP contribution in [0, 0.1) is 27.7 Å². The standard InChI is InChI=1S/2C21H28ClFN4O4S.2C16H20ClFN4O2S.2ClH/c1-14-18(15-8-7-9-17(12-15)32(29,30)26(5)6)19(22)25-27(14)13-16(23)10-11-24-20(28)31-21(2,3)4;1-14-18(15-8-7-9-17(12-15)32(29,30)26(5)6)19(22)27(25-14)13-16(23)10-11-24-20(28)31-21(2,3)4;1-11-15(16(17)20-22(11)10-13(18)7-8-19)12-5-4-6-14(9-12)25(23,24)21(2)3;1-11-15(16(17)22(20-11)10-13(18)7-8-19)12-5-4-6-14(9-12)25(23,24)21(2)3;;/h2*7-10,12H,11,13H2,1-6H3,(H,24,28);2*4-7,9H,8,10,19H2,1-3H3;2*1H/b2*16-10-;2*13-7-;;. The Morgan fingerprint density at radius 1 is 0.422 bits per heavy atom. The lowest BCUT2D eigenvalue weighted by Crippen LogP contribution is -2.32. The molecule has 0 bridgehead atoms. The van der Waals surface area contributed by atoms with Gasteiger partial charge in [0.1, 0.15) is 44.8 Å². The van der Waals surface area contributed by atoms with E-state index in [0.717, 1.165) is 17.2 Å². The van der Waals surface area contributed by atoms with Crippen LogP contribution in [0.2, 0.25) is 20.6 Å². The largest absolute Gasteiger partial charge is 0.444 e. The Balaban J connectivity index is 0.000000400. The van der Waals surface area contributed by atoms with Crippen molar-refractivity contribution in [3.8, 4) is 44.5 Å². The fraction of sp³-hybridized carbons (Fsp3) is 0.378. The van der Waals surface area contributed by atoms with Crippen LogP contribution in [0.25, 0.3) is 44.5 Å². The van der Waals surface area contributed by atoms with E-state index in [9.17, 15) is 60.8 Å². The Hall–Kier alpha value is -7.76. The van der Waals surface area contributed by atoms with E-state index in [4.69, 9.17) is 67.3 Å². The van der Waals surface area contributed by atoms with Gasteiger partial charge in [0.15, 0.2) is 10.3 Å². The molecule has 0 unspecified atom stereocenters. The van der Waals surface area contributed by atoms with Gasteiger partial charge in [0.05, 0.1) is 57.1 Å². The molecule has 42 heteroatoms. The first kappa shape index (κ1) is 102. The summed E-state index contributed by atoms with van der Waals surface area (Å²) >= 11 is 25.3. The van der Waals surface area contributed by atoms with Gasteiger partial charge in [-0.3, -0.25) is 9.36 Å².